The summed E-state index contributed by atoms with van der Waals surface area (Å²) in [4.78, 5) is 14.1. The third kappa shape index (κ3) is 4.21. The summed E-state index contributed by atoms with van der Waals surface area (Å²) in [5.74, 6) is 0.265. The van der Waals surface area contributed by atoms with Gasteiger partial charge in [-0.3, -0.25) is 9.69 Å². The van der Waals surface area contributed by atoms with E-state index >= 15 is 0 Å². The van der Waals surface area contributed by atoms with E-state index < -0.39 is 5.54 Å². The molecule has 1 saturated carbocycles. The van der Waals surface area contributed by atoms with Gasteiger partial charge in [0.15, 0.2) is 0 Å². The lowest BCUT2D eigenvalue weighted by Gasteiger charge is -2.35. The Morgan fingerprint density at radius 2 is 1.95 bits per heavy atom. The van der Waals surface area contributed by atoms with Gasteiger partial charge >= 0.3 is 0 Å². The number of rotatable bonds is 5. The molecule has 19 heavy (non-hydrogen) atoms. The number of likely N-dealkylation sites (N-methyl/N-ethyl adjacent to an activating group) is 1. The van der Waals surface area contributed by atoms with Crippen LogP contribution in [-0.4, -0.2) is 36.0 Å². The zero-order chi connectivity index (χ0) is 14.8. The third-order valence-corrected chi connectivity index (χ3v) is 4.33. The van der Waals surface area contributed by atoms with Gasteiger partial charge in [0.1, 0.15) is 5.54 Å². The number of carbonyl (C=O) groups excluding carboxylic acids is 1. The van der Waals surface area contributed by atoms with Crippen molar-refractivity contribution in [3.63, 3.8) is 0 Å². The van der Waals surface area contributed by atoms with Crippen molar-refractivity contribution in [1.29, 1.82) is 5.26 Å². The van der Waals surface area contributed by atoms with Gasteiger partial charge in [-0.05, 0) is 45.1 Å². The van der Waals surface area contributed by atoms with Crippen LogP contribution in [0.3, 0.4) is 0 Å². The predicted octanol–water partition coefficient (Wildman–Crippen LogP) is 2.16. The van der Waals surface area contributed by atoms with E-state index in [0.29, 0.717) is 18.5 Å². The van der Waals surface area contributed by atoms with Crippen LogP contribution in [0.4, 0.5) is 0 Å². The number of nitriles is 1. The Morgan fingerprint density at radius 1 is 1.42 bits per heavy atom. The molecule has 0 radical (unpaired) electrons. The molecular weight excluding hydrogens is 238 g/mol. The van der Waals surface area contributed by atoms with Gasteiger partial charge in [0.2, 0.25) is 5.91 Å². The smallest absolute Gasteiger partial charge is 0.235 e. The van der Waals surface area contributed by atoms with Gasteiger partial charge in [-0.25, -0.2) is 0 Å². The molecule has 4 nitrogen and oxygen atoms in total. The second-order valence-electron chi connectivity index (χ2n) is 7.09. The predicted molar refractivity (Wildman–Crippen MR) is 76.4 cm³/mol. The summed E-state index contributed by atoms with van der Waals surface area (Å²) < 4.78 is 0. The lowest BCUT2D eigenvalue weighted by molar-refractivity contribution is -0.124. The fourth-order valence-electron chi connectivity index (χ4n) is 2.24. The van der Waals surface area contributed by atoms with Crippen LogP contribution in [0.1, 0.15) is 47.5 Å². The maximum atomic E-state index is 12.1. The van der Waals surface area contributed by atoms with Gasteiger partial charge in [-0.2, -0.15) is 5.26 Å². The second kappa shape index (κ2) is 5.50. The van der Waals surface area contributed by atoms with Crippen molar-refractivity contribution < 1.29 is 4.79 Å². The molecule has 1 aliphatic rings. The van der Waals surface area contributed by atoms with Crippen molar-refractivity contribution in [2.45, 2.75) is 59.0 Å². The van der Waals surface area contributed by atoms with Crippen LogP contribution >= 0.6 is 0 Å². The Bertz CT molecular complexity index is 376. The summed E-state index contributed by atoms with van der Waals surface area (Å²) in [7, 11) is 1.95. The molecular formula is C15H27N3O. The molecule has 2 atom stereocenters. The molecule has 1 amide bonds. The maximum absolute atomic E-state index is 12.1. The van der Waals surface area contributed by atoms with E-state index in [0.717, 1.165) is 12.8 Å². The average molecular weight is 265 g/mol. The van der Waals surface area contributed by atoms with E-state index in [4.69, 9.17) is 0 Å². The fraction of sp³-hybridized carbons (Fsp3) is 0.867. The van der Waals surface area contributed by atoms with Crippen LogP contribution in [0.2, 0.25) is 0 Å². The molecule has 0 heterocycles. The molecule has 0 aromatic rings. The molecule has 1 aliphatic carbocycles. The lowest BCUT2D eigenvalue weighted by atomic mass is 9.87. The zero-order valence-corrected chi connectivity index (χ0v) is 13.1. The molecule has 0 spiro atoms. The van der Waals surface area contributed by atoms with E-state index in [1.54, 1.807) is 0 Å². The molecule has 1 rings (SSSR count). The molecule has 108 valence electrons. The van der Waals surface area contributed by atoms with Gasteiger partial charge in [-0.15, -0.1) is 0 Å². The minimum atomic E-state index is -0.692. The summed E-state index contributed by atoms with van der Waals surface area (Å²) in [5, 5.41) is 12.1. The van der Waals surface area contributed by atoms with E-state index in [1.807, 2.05) is 18.9 Å². The maximum Gasteiger partial charge on any atom is 0.235 e. The first-order chi connectivity index (χ1) is 8.60. The van der Waals surface area contributed by atoms with Crippen molar-refractivity contribution in [3.05, 3.63) is 0 Å². The van der Waals surface area contributed by atoms with Gasteiger partial charge < -0.3 is 5.32 Å². The number of amides is 1. The fourth-order valence-corrected chi connectivity index (χ4v) is 2.24. The molecule has 0 aromatic carbocycles. The van der Waals surface area contributed by atoms with E-state index in [-0.39, 0.29) is 11.3 Å². The first-order valence-corrected chi connectivity index (χ1v) is 7.02. The second-order valence-corrected chi connectivity index (χ2v) is 7.09. The Morgan fingerprint density at radius 3 is 2.32 bits per heavy atom. The summed E-state index contributed by atoms with van der Waals surface area (Å²) in [6, 6.07) is 2.55. The van der Waals surface area contributed by atoms with Crippen molar-refractivity contribution in [2.24, 2.45) is 11.3 Å². The largest absolute Gasteiger partial charge is 0.337 e. The summed E-state index contributed by atoms with van der Waals surface area (Å²) in [6.07, 6.45) is 2.08. The van der Waals surface area contributed by atoms with Gasteiger partial charge in [-0.1, -0.05) is 20.8 Å². The molecule has 0 unspecified atom stereocenters. The van der Waals surface area contributed by atoms with Gasteiger partial charge in [0, 0.05) is 6.04 Å². The SMILES string of the molecule is C[C@H](N(C)CC(=O)N[C@@](C)(C#N)C1CC1)C(C)(C)C. The number of hydrogen-bond acceptors (Lipinski definition) is 3. The highest BCUT2D eigenvalue weighted by Crippen LogP contribution is 2.39. The van der Waals surface area contributed by atoms with Crippen LogP contribution in [-0.2, 0) is 4.79 Å². The molecule has 0 aliphatic heterocycles. The number of nitrogens with one attached hydrogen (secondary N) is 1. The first kappa shape index (κ1) is 16.0. The van der Waals surface area contributed by atoms with Crippen molar-refractivity contribution in [3.8, 4) is 6.07 Å². The van der Waals surface area contributed by atoms with E-state index in [2.05, 4.69) is 39.1 Å². The van der Waals surface area contributed by atoms with E-state index in [1.165, 1.54) is 0 Å². The van der Waals surface area contributed by atoms with Crippen LogP contribution in [0.15, 0.2) is 0 Å². The van der Waals surface area contributed by atoms with Crippen molar-refractivity contribution >= 4 is 5.91 Å². The van der Waals surface area contributed by atoms with Crippen molar-refractivity contribution in [1.82, 2.24) is 10.2 Å². The molecule has 0 bridgehead atoms. The number of nitrogens with zero attached hydrogens (tertiary/aromatic N) is 2. The van der Waals surface area contributed by atoms with Crippen LogP contribution in [0.5, 0.6) is 0 Å². The van der Waals surface area contributed by atoms with Crippen LogP contribution in [0, 0.1) is 22.7 Å². The summed E-state index contributed by atoms with van der Waals surface area (Å²) in [6.45, 7) is 10.8. The Kier molecular flexibility index (Phi) is 4.63. The first-order valence-electron chi connectivity index (χ1n) is 7.02. The number of carbonyl (C=O) groups is 1. The van der Waals surface area contributed by atoms with Crippen LogP contribution in [0.25, 0.3) is 0 Å². The van der Waals surface area contributed by atoms with E-state index in [9.17, 15) is 10.1 Å². The molecule has 0 saturated heterocycles. The minimum Gasteiger partial charge on any atom is -0.337 e. The highest BCUT2D eigenvalue weighted by molar-refractivity contribution is 5.79. The molecule has 1 N–H and O–H groups in total. The molecule has 1 fully saturated rings. The average Bonchev–Trinajstić information content (AvgIpc) is 3.10. The third-order valence-electron chi connectivity index (χ3n) is 4.33. The standard InChI is InChI=1S/C15H27N3O/c1-11(14(2,3)4)18(6)9-13(19)17-15(5,10-16)12-7-8-12/h11-12H,7-9H2,1-6H3,(H,17,19)/t11-,15-/m0/s1. The van der Waals surface area contributed by atoms with Gasteiger partial charge in [0.25, 0.3) is 0 Å². The van der Waals surface area contributed by atoms with Crippen LogP contribution < -0.4 is 5.32 Å². The molecule has 4 heteroatoms. The Labute approximate surface area is 117 Å². The quantitative estimate of drug-likeness (QED) is 0.828. The lowest BCUT2D eigenvalue weighted by Crippen LogP contribution is -2.51. The Hall–Kier alpha value is -1.08. The Balaban J connectivity index is 2.54. The zero-order valence-electron chi connectivity index (χ0n) is 13.1. The summed E-state index contributed by atoms with van der Waals surface area (Å²) in [5.41, 5.74) is -0.563. The minimum absolute atomic E-state index is 0.0606. The summed E-state index contributed by atoms with van der Waals surface area (Å²) >= 11 is 0. The number of hydrogen-bond donors (Lipinski definition) is 1. The monoisotopic (exact) mass is 265 g/mol. The molecule has 0 aromatic heterocycles. The highest BCUT2D eigenvalue weighted by atomic mass is 16.2. The van der Waals surface area contributed by atoms with Gasteiger partial charge in [0.05, 0.1) is 12.6 Å². The normalized spacial score (nSPS) is 20.5. The van der Waals surface area contributed by atoms with Crippen molar-refractivity contribution in [2.75, 3.05) is 13.6 Å². The topological polar surface area (TPSA) is 56.1 Å². The highest BCUT2D eigenvalue weighted by Gasteiger charge is 2.43.